The van der Waals surface area contributed by atoms with Gasteiger partial charge in [0.2, 0.25) is 0 Å². The number of nitrogens with one attached hydrogen (secondary N) is 2. The SMILES string of the molecule is Cc1nn(C)c2nc(-c3ccccc3)cc(C(=O)Nc3cccc(NS(=O)(=O)c4ccccc4)c3)c12. The smallest absolute Gasteiger partial charge is 0.261 e. The Labute approximate surface area is 208 Å². The number of carbonyl (C=O) groups excluding carboxylic acids is 1. The normalized spacial score (nSPS) is 11.4. The summed E-state index contributed by atoms with van der Waals surface area (Å²) >= 11 is 0. The zero-order chi connectivity index (χ0) is 25.3. The van der Waals surface area contributed by atoms with E-state index in [1.165, 1.54) is 12.1 Å². The summed E-state index contributed by atoms with van der Waals surface area (Å²) in [5, 5.41) is 8.01. The molecule has 8 nitrogen and oxygen atoms in total. The van der Waals surface area contributed by atoms with Crippen molar-refractivity contribution in [1.29, 1.82) is 0 Å². The Kier molecular flexibility index (Phi) is 5.99. The standard InChI is InChI=1S/C27H23N5O3S/c1-18-25-23(17-24(19-10-5-3-6-11-19)29-26(25)32(2)30-18)27(33)28-20-12-9-13-21(16-20)31-36(34,35)22-14-7-4-8-15-22/h3-17,31H,1-2H3,(H,28,33). The lowest BCUT2D eigenvalue weighted by molar-refractivity contribution is 0.102. The molecule has 2 aromatic heterocycles. The van der Waals surface area contributed by atoms with Crippen LogP contribution in [0.1, 0.15) is 16.1 Å². The van der Waals surface area contributed by atoms with Gasteiger partial charge in [0.25, 0.3) is 15.9 Å². The van der Waals surface area contributed by atoms with Crippen molar-refractivity contribution in [1.82, 2.24) is 14.8 Å². The molecule has 5 aromatic rings. The van der Waals surface area contributed by atoms with Gasteiger partial charge < -0.3 is 5.32 Å². The first kappa shape index (κ1) is 23.3. The molecule has 36 heavy (non-hydrogen) atoms. The van der Waals surface area contributed by atoms with Gasteiger partial charge in [-0.05, 0) is 43.3 Å². The second kappa shape index (κ2) is 9.27. The van der Waals surface area contributed by atoms with Crippen molar-refractivity contribution in [3.05, 3.63) is 102 Å². The fraction of sp³-hybridized carbons (Fsp3) is 0.0741. The van der Waals surface area contributed by atoms with Crippen LogP contribution in [-0.4, -0.2) is 29.1 Å². The van der Waals surface area contributed by atoms with Crippen LogP contribution in [0.3, 0.4) is 0 Å². The summed E-state index contributed by atoms with van der Waals surface area (Å²) in [6.45, 7) is 1.84. The molecule has 0 aliphatic carbocycles. The van der Waals surface area contributed by atoms with Crippen LogP contribution in [0.4, 0.5) is 11.4 Å². The molecule has 3 aromatic carbocycles. The van der Waals surface area contributed by atoms with E-state index >= 15 is 0 Å². The van der Waals surface area contributed by atoms with Crippen LogP contribution in [0.2, 0.25) is 0 Å². The second-order valence-corrected chi connectivity index (χ2v) is 9.96. The van der Waals surface area contributed by atoms with E-state index in [2.05, 4.69) is 15.1 Å². The summed E-state index contributed by atoms with van der Waals surface area (Å²) in [6, 6.07) is 26.0. The highest BCUT2D eigenvalue weighted by Crippen LogP contribution is 2.28. The molecule has 0 fully saturated rings. The largest absolute Gasteiger partial charge is 0.322 e. The van der Waals surface area contributed by atoms with Gasteiger partial charge in [-0.15, -0.1) is 0 Å². The number of carbonyl (C=O) groups is 1. The highest BCUT2D eigenvalue weighted by atomic mass is 32.2. The first-order chi connectivity index (χ1) is 17.3. The average molecular weight is 498 g/mol. The Morgan fingerprint density at radius 3 is 2.25 bits per heavy atom. The van der Waals surface area contributed by atoms with Gasteiger partial charge in [-0.25, -0.2) is 13.4 Å². The van der Waals surface area contributed by atoms with Crippen LogP contribution >= 0.6 is 0 Å². The van der Waals surface area contributed by atoms with Crippen molar-refractivity contribution in [2.75, 3.05) is 10.0 Å². The van der Waals surface area contributed by atoms with Gasteiger partial charge in [-0.1, -0.05) is 54.6 Å². The van der Waals surface area contributed by atoms with E-state index in [-0.39, 0.29) is 10.8 Å². The molecule has 5 rings (SSSR count). The molecule has 0 bridgehead atoms. The molecule has 0 atom stereocenters. The third-order valence-corrected chi connectivity index (χ3v) is 7.11. The van der Waals surface area contributed by atoms with Gasteiger partial charge in [0, 0.05) is 18.3 Å². The number of aromatic nitrogens is 3. The van der Waals surface area contributed by atoms with Crippen LogP contribution in [0.5, 0.6) is 0 Å². The van der Waals surface area contributed by atoms with Gasteiger partial charge in [0.05, 0.1) is 32.9 Å². The van der Waals surface area contributed by atoms with Crippen molar-refractivity contribution in [3.63, 3.8) is 0 Å². The highest BCUT2D eigenvalue weighted by molar-refractivity contribution is 7.92. The Hall–Kier alpha value is -4.50. The molecule has 0 saturated carbocycles. The molecule has 1 amide bonds. The summed E-state index contributed by atoms with van der Waals surface area (Å²) < 4.78 is 29.6. The quantitative estimate of drug-likeness (QED) is 0.344. The van der Waals surface area contributed by atoms with Crippen molar-refractivity contribution in [3.8, 4) is 11.3 Å². The molecule has 0 aliphatic heterocycles. The van der Waals surface area contributed by atoms with Crippen molar-refractivity contribution in [2.24, 2.45) is 7.05 Å². The molecular formula is C27H23N5O3S. The van der Waals surface area contributed by atoms with E-state index in [9.17, 15) is 13.2 Å². The summed E-state index contributed by atoms with van der Waals surface area (Å²) in [6.07, 6.45) is 0. The number of benzene rings is 3. The minimum Gasteiger partial charge on any atom is -0.322 e. The number of hydrogen-bond acceptors (Lipinski definition) is 5. The topological polar surface area (TPSA) is 106 Å². The number of fused-ring (bicyclic) bond motifs is 1. The van der Waals surface area contributed by atoms with Crippen LogP contribution in [0.15, 0.2) is 95.9 Å². The Morgan fingerprint density at radius 2 is 1.53 bits per heavy atom. The number of anilines is 2. The molecular weight excluding hydrogens is 474 g/mol. The monoisotopic (exact) mass is 497 g/mol. The maximum absolute atomic E-state index is 13.5. The lowest BCUT2D eigenvalue weighted by atomic mass is 10.0. The number of amides is 1. The van der Waals surface area contributed by atoms with E-state index in [0.717, 1.165) is 5.56 Å². The van der Waals surface area contributed by atoms with Crippen molar-refractivity contribution < 1.29 is 13.2 Å². The van der Waals surface area contributed by atoms with Crippen LogP contribution in [0, 0.1) is 6.92 Å². The Bertz CT molecular complexity index is 1680. The summed E-state index contributed by atoms with van der Waals surface area (Å²) in [5.74, 6) is -0.348. The number of aryl methyl sites for hydroxylation is 2. The van der Waals surface area contributed by atoms with E-state index in [1.807, 2.05) is 37.3 Å². The molecule has 0 saturated heterocycles. The van der Waals surface area contributed by atoms with Gasteiger partial charge in [-0.3, -0.25) is 14.2 Å². The van der Waals surface area contributed by atoms with Crippen molar-refractivity contribution in [2.45, 2.75) is 11.8 Å². The van der Waals surface area contributed by atoms with E-state index < -0.39 is 10.0 Å². The zero-order valence-corrected chi connectivity index (χ0v) is 20.5. The second-order valence-electron chi connectivity index (χ2n) is 8.28. The third kappa shape index (κ3) is 4.56. The summed E-state index contributed by atoms with van der Waals surface area (Å²) in [7, 11) is -1.97. The lowest BCUT2D eigenvalue weighted by Crippen LogP contribution is -2.15. The maximum atomic E-state index is 13.5. The minimum atomic E-state index is -3.76. The molecule has 2 heterocycles. The first-order valence-corrected chi connectivity index (χ1v) is 12.7. The fourth-order valence-electron chi connectivity index (χ4n) is 4.05. The molecule has 0 aliphatic rings. The molecule has 2 N–H and O–H groups in total. The summed E-state index contributed by atoms with van der Waals surface area (Å²) in [5.41, 5.74) is 4.03. The Morgan fingerprint density at radius 1 is 0.861 bits per heavy atom. The van der Waals surface area contributed by atoms with Gasteiger partial charge in [0.15, 0.2) is 5.65 Å². The number of pyridine rings is 1. The van der Waals surface area contributed by atoms with Gasteiger partial charge in [0.1, 0.15) is 0 Å². The van der Waals surface area contributed by atoms with Crippen LogP contribution in [-0.2, 0) is 17.1 Å². The third-order valence-electron chi connectivity index (χ3n) is 5.71. The minimum absolute atomic E-state index is 0.152. The van der Waals surface area contributed by atoms with E-state index in [4.69, 9.17) is 4.98 Å². The van der Waals surface area contributed by atoms with Crippen LogP contribution in [0.25, 0.3) is 22.3 Å². The molecule has 0 spiro atoms. The number of sulfonamides is 1. The number of hydrogen-bond donors (Lipinski definition) is 2. The lowest BCUT2D eigenvalue weighted by Gasteiger charge is -2.12. The average Bonchev–Trinajstić information content (AvgIpc) is 3.17. The van der Waals surface area contributed by atoms with Gasteiger partial charge in [-0.2, -0.15) is 5.10 Å². The number of nitrogens with zero attached hydrogens (tertiary/aromatic N) is 3. The predicted octanol–water partition coefficient (Wildman–Crippen LogP) is 5.00. The van der Waals surface area contributed by atoms with E-state index in [0.29, 0.717) is 39.4 Å². The maximum Gasteiger partial charge on any atom is 0.261 e. The number of rotatable bonds is 6. The first-order valence-electron chi connectivity index (χ1n) is 11.2. The molecule has 9 heteroatoms. The molecule has 0 radical (unpaired) electrons. The summed E-state index contributed by atoms with van der Waals surface area (Å²) in [4.78, 5) is 18.4. The highest BCUT2D eigenvalue weighted by Gasteiger charge is 2.20. The van der Waals surface area contributed by atoms with Crippen LogP contribution < -0.4 is 10.0 Å². The predicted molar refractivity (Wildman–Crippen MR) is 140 cm³/mol. The molecule has 0 unspecified atom stereocenters. The Balaban J connectivity index is 1.48. The van der Waals surface area contributed by atoms with E-state index in [1.54, 1.807) is 60.3 Å². The van der Waals surface area contributed by atoms with Crippen molar-refractivity contribution >= 4 is 38.3 Å². The fourth-order valence-corrected chi connectivity index (χ4v) is 5.12. The van der Waals surface area contributed by atoms with Gasteiger partial charge >= 0.3 is 0 Å². The zero-order valence-electron chi connectivity index (χ0n) is 19.6. The molecule has 180 valence electrons.